The van der Waals surface area contributed by atoms with Crippen LogP contribution in [0, 0.1) is 11.3 Å². The second kappa shape index (κ2) is 15.4. The molecule has 0 N–H and O–H groups in total. The number of piperazine rings is 1. The maximum atomic E-state index is 13.1. The molecule has 4 rings (SSSR count). The van der Waals surface area contributed by atoms with E-state index in [0.717, 1.165) is 34.9 Å². The minimum atomic E-state index is -2.05. The van der Waals surface area contributed by atoms with Crippen LogP contribution in [0.15, 0.2) is 31.0 Å². The van der Waals surface area contributed by atoms with Crippen LogP contribution in [-0.4, -0.2) is 108 Å². The highest BCUT2D eigenvalue weighted by molar-refractivity contribution is 6.76. The summed E-state index contributed by atoms with van der Waals surface area (Å²) in [5.74, 6) is 0. The molecule has 2 atom stereocenters. The Balaban J connectivity index is 1.53. The Hall–Kier alpha value is -3.10. The summed E-state index contributed by atoms with van der Waals surface area (Å²) in [6, 6.07) is 5.25. The summed E-state index contributed by atoms with van der Waals surface area (Å²) in [6.45, 7) is 27.8. The Labute approximate surface area is 294 Å². The predicted octanol–water partition coefficient (Wildman–Crippen LogP) is 7.00. The third-order valence-corrected chi connectivity index (χ3v) is 15.7. The van der Waals surface area contributed by atoms with Crippen molar-refractivity contribution in [2.45, 2.75) is 116 Å². The van der Waals surface area contributed by atoms with Crippen molar-refractivity contribution in [3.63, 3.8) is 0 Å². The summed E-state index contributed by atoms with van der Waals surface area (Å²) in [5, 5.41) is 15.6. The Morgan fingerprint density at radius 3 is 2.49 bits per heavy atom. The molecule has 0 radical (unpaired) electrons. The molecule has 4 heterocycles. The van der Waals surface area contributed by atoms with E-state index in [1.54, 1.807) is 11.2 Å². The SMILES string of the molecule is CC(C)(C)OC(=O)N1CCN(CC(CC#N)n2cc(-c3ncnc4c3ccn4COCC[Si](C)(C)C)cn2)C(CO[Si](C)(C)C(C)(C)C)C1. The van der Waals surface area contributed by atoms with Gasteiger partial charge in [-0.15, -0.1) is 0 Å². The van der Waals surface area contributed by atoms with E-state index in [4.69, 9.17) is 19.0 Å². The van der Waals surface area contributed by atoms with Gasteiger partial charge in [-0.05, 0) is 51.0 Å². The number of fused-ring (bicyclic) bond motifs is 1. The van der Waals surface area contributed by atoms with Crippen LogP contribution in [0.5, 0.6) is 0 Å². The molecule has 1 fully saturated rings. The molecule has 0 aliphatic carbocycles. The minimum Gasteiger partial charge on any atom is -0.444 e. The molecular weight excluding hydrogens is 653 g/mol. The average Bonchev–Trinajstić information content (AvgIpc) is 3.64. The van der Waals surface area contributed by atoms with E-state index in [1.807, 2.05) is 54.7 Å². The van der Waals surface area contributed by atoms with Gasteiger partial charge >= 0.3 is 6.09 Å². The first-order valence-electron chi connectivity index (χ1n) is 17.4. The molecule has 14 heteroatoms. The van der Waals surface area contributed by atoms with E-state index in [2.05, 4.69) is 74.4 Å². The van der Waals surface area contributed by atoms with Crippen LogP contribution in [0.3, 0.4) is 0 Å². The van der Waals surface area contributed by atoms with Gasteiger partial charge in [0, 0.05) is 70.2 Å². The zero-order chi connectivity index (χ0) is 36.2. The second-order valence-corrected chi connectivity index (χ2v) is 27.4. The smallest absolute Gasteiger partial charge is 0.410 e. The lowest BCUT2D eigenvalue weighted by molar-refractivity contribution is -0.00625. The number of aromatic nitrogens is 5. The van der Waals surface area contributed by atoms with Gasteiger partial charge < -0.3 is 23.4 Å². The summed E-state index contributed by atoms with van der Waals surface area (Å²) < 4.78 is 22.3. The standard InChI is InChI=1S/C35H58N8O4Si2/c1-34(2,3)47-33(44)41-17-16-40(29(23-41)24-46-49(10,11)35(4,5)6)22-28(12-14-36)43-21-27(20-39-43)31-30-13-15-42(32(30)38-25-37-31)26-45-18-19-48(7,8)9/h13,15,20-21,25,28-29H,12,16-19,22-24,26H2,1-11H3. The third kappa shape index (κ3) is 10.5. The molecule has 49 heavy (non-hydrogen) atoms. The van der Waals surface area contributed by atoms with Crippen LogP contribution in [0.4, 0.5) is 4.79 Å². The Kier molecular flexibility index (Phi) is 12.2. The molecule has 1 saturated heterocycles. The molecule has 0 aromatic carbocycles. The number of hydrogen-bond donors (Lipinski definition) is 0. The van der Waals surface area contributed by atoms with Crippen LogP contribution in [0.25, 0.3) is 22.3 Å². The van der Waals surface area contributed by atoms with Crippen LogP contribution in [-0.2, 0) is 20.6 Å². The van der Waals surface area contributed by atoms with Gasteiger partial charge in [-0.3, -0.25) is 9.58 Å². The highest BCUT2D eigenvalue weighted by Crippen LogP contribution is 2.37. The van der Waals surface area contributed by atoms with Gasteiger partial charge in [-0.25, -0.2) is 14.8 Å². The van der Waals surface area contributed by atoms with Gasteiger partial charge in [-0.2, -0.15) is 10.4 Å². The Morgan fingerprint density at radius 2 is 1.84 bits per heavy atom. The fourth-order valence-electron chi connectivity index (χ4n) is 5.46. The number of carbonyl (C=O) groups is 1. The van der Waals surface area contributed by atoms with Crippen molar-refractivity contribution in [3.05, 3.63) is 31.0 Å². The Morgan fingerprint density at radius 1 is 1.10 bits per heavy atom. The highest BCUT2D eigenvalue weighted by Gasteiger charge is 2.40. The molecule has 0 bridgehead atoms. The number of nitrogens with zero attached hydrogens (tertiary/aromatic N) is 8. The Bertz CT molecular complexity index is 1600. The van der Waals surface area contributed by atoms with Crippen molar-refractivity contribution >= 4 is 33.5 Å². The normalized spacial score (nSPS) is 17.3. The maximum absolute atomic E-state index is 13.1. The number of nitriles is 1. The fourth-order valence-corrected chi connectivity index (χ4v) is 7.26. The maximum Gasteiger partial charge on any atom is 0.410 e. The van der Waals surface area contributed by atoms with Crippen LogP contribution in [0.1, 0.15) is 54.0 Å². The van der Waals surface area contributed by atoms with Gasteiger partial charge in [-0.1, -0.05) is 40.4 Å². The van der Waals surface area contributed by atoms with Crippen molar-refractivity contribution in [2.24, 2.45) is 0 Å². The van der Waals surface area contributed by atoms with E-state index in [9.17, 15) is 10.1 Å². The third-order valence-electron chi connectivity index (χ3n) is 9.50. The summed E-state index contributed by atoms with van der Waals surface area (Å²) in [7, 11) is -3.22. The van der Waals surface area contributed by atoms with Gasteiger partial charge in [0.2, 0.25) is 0 Å². The minimum absolute atomic E-state index is 0.0548. The van der Waals surface area contributed by atoms with Crippen molar-refractivity contribution in [1.82, 2.24) is 34.1 Å². The molecule has 3 aromatic heterocycles. The van der Waals surface area contributed by atoms with Crippen LogP contribution < -0.4 is 0 Å². The molecule has 270 valence electrons. The number of hydrogen-bond acceptors (Lipinski definition) is 9. The van der Waals surface area contributed by atoms with E-state index in [1.165, 1.54) is 0 Å². The van der Waals surface area contributed by atoms with E-state index in [0.29, 0.717) is 39.5 Å². The zero-order valence-corrected chi connectivity index (χ0v) is 33.6. The summed E-state index contributed by atoms with van der Waals surface area (Å²) >= 11 is 0. The van der Waals surface area contributed by atoms with Crippen LogP contribution in [0.2, 0.25) is 43.8 Å². The molecule has 0 spiro atoms. The lowest BCUT2D eigenvalue weighted by Gasteiger charge is -2.44. The molecule has 3 aromatic rings. The molecule has 2 unspecified atom stereocenters. The van der Waals surface area contributed by atoms with Gasteiger partial charge in [0.25, 0.3) is 0 Å². The van der Waals surface area contributed by atoms with Crippen LogP contribution >= 0.6 is 0 Å². The fraction of sp³-hybridized carbons (Fsp3) is 0.686. The number of rotatable bonds is 13. The largest absolute Gasteiger partial charge is 0.444 e. The van der Waals surface area contributed by atoms with Crippen molar-refractivity contribution in [3.8, 4) is 17.3 Å². The van der Waals surface area contributed by atoms with Gasteiger partial charge in [0.15, 0.2) is 8.32 Å². The number of amides is 1. The first-order valence-corrected chi connectivity index (χ1v) is 24.0. The average molecular weight is 711 g/mol. The molecular formula is C35H58N8O4Si2. The zero-order valence-electron chi connectivity index (χ0n) is 31.6. The van der Waals surface area contributed by atoms with E-state index >= 15 is 0 Å². The quantitative estimate of drug-likeness (QED) is 0.136. The second-order valence-electron chi connectivity index (χ2n) is 17.0. The lowest BCUT2D eigenvalue weighted by Crippen LogP contribution is -2.59. The summed E-state index contributed by atoms with van der Waals surface area (Å²) in [6.07, 6.45) is 7.34. The molecule has 1 aliphatic rings. The van der Waals surface area contributed by atoms with Crippen molar-refractivity contribution < 1.29 is 18.7 Å². The van der Waals surface area contributed by atoms with Crippen molar-refractivity contribution in [1.29, 1.82) is 5.26 Å². The van der Waals surface area contributed by atoms with Gasteiger partial charge in [0.05, 0.1) is 37.0 Å². The predicted molar refractivity (Wildman–Crippen MR) is 198 cm³/mol. The topological polar surface area (TPSA) is 124 Å². The highest BCUT2D eigenvalue weighted by atomic mass is 28.4. The molecule has 0 saturated carbocycles. The molecule has 12 nitrogen and oxygen atoms in total. The number of ether oxygens (including phenoxy) is 2. The summed E-state index contributed by atoms with van der Waals surface area (Å²) in [4.78, 5) is 26.4. The molecule has 1 amide bonds. The monoisotopic (exact) mass is 710 g/mol. The number of carbonyl (C=O) groups excluding carboxylic acids is 1. The first-order chi connectivity index (χ1) is 22.8. The summed E-state index contributed by atoms with van der Waals surface area (Å²) in [5.41, 5.74) is 1.89. The van der Waals surface area contributed by atoms with Crippen molar-refractivity contribution in [2.75, 3.05) is 39.4 Å². The van der Waals surface area contributed by atoms with E-state index in [-0.39, 0.29) is 29.6 Å². The molecule has 1 aliphatic heterocycles. The lowest BCUT2D eigenvalue weighted by atomic mass is 10.1. The van der Waals surface area contributed by atoms with Gasteiger partial charge in [0.1, 0.15) is 24.3 Å². The first kappa shape index (κ1) is 38.7. The van der Waals surface area contributed by atoms with E-state index < -0.39 is 22.0 Å².